The van der Waals surface area contributed by atoms with Gasteiger partial charge >= 0.3 is 5.69 Å². The topological polar surface area (TPSA) is 134 Å². The van der Waals surface area contributed by atoms with Gasteiger partial charge in [0.1, 0.15) is 16.5 Å². The van der Waals surface area contributed by atoms with E-state index in [2.05, 4.69) is 14.8 Å². The summed E-state index contributed by atoms with van der Waals surface area (Å²) in [6.45, 7) is 4.86. The van der Waals surface area contributed by atoms with Crippen molar-refractivity contribution in [3.05, 3.63) is 74.1 Å². The molecule has 1 fully saturated rings. The van der Waals surface area contributed by atoms with Crippen LogP contribution in [0.25, 0.3) is 10.9 Å². The highest BCUT2D eigenvalue weighted by molar-refractivity contribution is 7.89. The van der Waals surface area contributed by atoms with Crippen molar-refractivity contribution in [3.63, 3.8) is 0 Å². The van der Waals surface area contributed by atoms with Crippen molar-refractivity contribution in [1.82, 2.24) is 28.6 Å². The number of aryl methyl sites for hydroxylation is 3. The normalized spacial score (nSPS) is 15.0. The molecule has 3 heterocycles. The molecule has 190 valence electrons. The highest BCUT2D eigenvalue weighted by Crippen LogP contribution is 2.36. The standard InChI is InChI=1S/C23H25FN6O5S/c1-13-19(35-14(2)26-13)12-29-18-8-17(24)20(36(33,34)27-23(3)5-6-23)7-16(18)21(31)30(22(29)32)11-15-9-25-28(4)10-15/h7-10,27H,5-6,11-12H2,1-4H3. The third-order valence-corrected chi connectivity index (χ3v) is 8.00. The van der Waals surface area contributed by atoms with Crippen molar-refractivity contribution in [2.45, 2.75) is 57.1 Å². The molecule has 0 spiro atoms. The first kappa shape index (κ1) is 24.1. The molecule has 1 aromatic carbocycles. The van der Waals surface area contributed by atoms with E-state index in [1.807, 2.05) is 0 Å². The van der Waals surface area contributed by atoms with Crippen LogP contribution >= 0.6 is 0 Å². The number of sulfonamides is 1. The summed E-state index contributed by atoms with van der Waals surface area (Å²) in [7, 11) is -2.55. The van der Waals surface area contributed by atoms with Crippen molar-refractivity contribution in [1.29, 1.82) is 0 Å². The number of hydrogen-bond donors (Lipinski definition) is 1. The van der Waals surface area contributed by atoms with Gasteiger partial charge < -0.3 is 4.42 Å². The first-order chi connectivity index (χ1) is 16.9. The van der Waals surface area contributed by atoms with E-state index in [4.69, 9.17) is 4.42 Å². The fourth-order valence-corrected chi connectivity index (χ4v) is 5.74. The van der Waals surface area contributed by atoms with E-state index in [-0.39, 0.29) is 24.0 Å². The number of nitrogens with one attached hydrogen (secondary N) is 1. The molecule has 0 saturated heterocycles. The number of oxazole rings is 1. The SMILES string of the molecule is Cc1nc(C)c(Cn2c(=O)n(Cc3cnn(C)c3)c(=O)c3cc(S(=O)(=O)NC4(C)CC4)c(F)cc32)o1. The van der Waals surface area contributed by atoms with E-state index in [1.54, 1.807) is 34.0 Å². The van der Waals surface area contributed by atoms with Gasteiger partial charge in [0.05, 0.1) is 35.9 Å². The molecule has 3 aromatic heterocycles. The van der Waals surface area contributed by atoms with E-state index in [9.17, 15) is 18.0 Å². The molecular formula is C23H25FN6O5S. The maximum Gasteiger partial charge on any atom is 0.332 e. The van der Waals surface area contributed by atoms with Gasteiger partial charge in [0.25, 0.3) is 5.56 Å². The van der Waals surface area contributed by atoms with Crippen LogP contribution in [0.4, 0.5) is 4.39 Å². The number of rotatable bonds is 7. The summed E-state index contributed by atoms with van der Waals surface area (Å²) >= 11 is 0. The lowest BCUT2D eigenvalue weighted by Crippen LogP contribution is -2.41. The van der Waals surface area contributed by atoms with Gasteiger partial charge in [0, 0.05) is 31.3 Å². The molecule has 36 heavy (non-hydrogen) atoms. The summed E-state index contributed by atoms with van der Waals surface area (Å²) in [5.41, 5.74) is -0.999. The third-order valence-electron chi connectivity index (χ3n) is 6.35. The lowest BCUT2D eigenvalue weighted by atomic mass is 10.2. The minimum Gasteiger partial charge on any atom is -0.444 e. The second-order valence-corrected chi connectivity index (χ2v) is 11.1. The van der Waals surface area contributed by atoms with Gasteiger partial charge in [0.15, 0.2) is 5.89 Å². The number of hydrogen-bond acceptors (Lipinski definition) is 7. The van der Waals surface area contributed by atoms with Gasteiger partial charge in [-0.15, -0.1) is 0 Å². The molecule has 0 amide bonds. The molecule has 4 aromatic rings. The predicted octanol–water partition coefficient (Wildman–Crippen LogP) is 1.57. The second-order valence-electron chi connectivity index (χ2n) is 9.49. The Kier molecular flexibility index (Phi) is 5.52. The molecular weight excluding hydrogens is 491 g/mol. The predicted molar refractivity (Wildman–Crippen MR) is 128 cm³/mol. The molecule has 0 bridgehead atoms. The van der Waals surface area contributed by atoms with Crippen LogP contribution < -0.4 is 16.0 Å². The van der Waals surface area contributed by atoms with E-state index < -0.39 is 37.5 Å². The van der Waals surface area contributed by atoms with Crippen molar-refractivity contribution in [2.24, 2.45) is 7.05 Å². The Morgan fingerprint density at radius 1 is 1.17 bits per heavy atom. The van der Waals surface area contributed by atoms with Crippen LogP contribution in [0.5, 0.6) is 0 Å². The highest BCUT2D eigenvalue weighted by atomic mass is 32.2. The first-order valence-corrected chi connectivity index (χ1v) is 12.8. The minimum absolute atomic E-state index is 0.0463. The molecule has 5 rings (SSSR count). The summed E-state index contributed by atoms with van der Waals surface area (Å²) in [6.07, 6.45) is 4.44. The average molecular weight is 517 g/mol. The van der Waals surface area contributed by atoms with Crippen LogP contribution in [-0.4, -0.2) is 37.9 Å². The van der Waals surface area contributed by atoms with Crippen molar-refractivity contribution in [2.75, 3.05) is 0 Å². The zero-order valence-electron chi connectivity index (χ0n) is 20.2. The zero-order valence-corrected chi connectivity index (χ0v) is 21.0. The van der Waals surface area contributed by atoms with E-state index in [0.717, 1.165) is 16.7 Å². The van der Waals surface area contributed by atoms with Gasteiger partial charge in [-0.05, 0) is 38.8 Å². The minimum atomic E-state index is -4.25. The van der Waals surface area contributed by atoms with E-state index >= 15 is 4.39 Å². The number of aromatic nitrogens is 5. The molecule has 1 aliphatic rings. The van der Waals surface area contributed by atoms with Crippen LogP contribution in [0.2, 0.25) is 0 Å². The maximum atomic E-state index is 15.2. The van der Waals surface area contributed by atoms with Crippen LogP contribution in [0.15, 0.2) is 43.4 Å². The number of halogens is 1. The van der Waals surface area contributed by atoms with Crippen molar-refractivity contribution in [3.8, 4) is 0 Å². The van der Waals surface area contributed by atoms with Crippen LogP contribution in [0.1, 0.15) is 42.7 Å². The van der Waals surface area contributed by atoms with Gasteiger partial charge in [-0.3, -0.25) is 18.6 Å². The third kappa shape index (κ3) is 4.28. The van der Waals surface area contributed by atoms with E-state index in [1.165, 1.54) is 15.4 Å². The summed E-state index contributed by atoms with van der Waals surface area (Å²) in [5, 5.41) is 3.95. The van der Waals surface area contributed by atoms with Gasteiger partial charge in [-0.2, -0.15) is 5.10 Å². The lowest BCUT2D eigenvalue weighted by molar-refractivity contribution is 0.456. The van der Waals surface area contributed by atoms with Crippen molar-refractivity contribution < 1.29 is 17.2 Å². The summed E-state index contributed by atoms with van der Waals surface area (Å²) < 4.78 is 53.0. The largest absolute Gasteiger partial charge is 0.444 e. The molecule has 11 nitrogen and oxygen atoms in total. The molecule has 1 saturated carbocycles. The molecule has 0 aliphatic heterocycles. The van der Waals surface area contributed by atoms with Crippen molar-refractivity contribution >= 4 is 20.9 Å². The molecule has 0 unspecified atom stereocenters. The van der Waals surface area contributed by atoms with Gasteiger partial charge in [0.2, 0.25) is 10.0 Å². The Bertz CT molecular complexity index is 1740. The molecule has 1 aliphatic carbocycles. The Labute approximate surface area is 205 Å². The number of benzene rings is 1. The molecule has 13 heteroatoms. The first-order valence-electron chi connectivity index (χ1n) is 11.3. The Hall–Kier alpha value is -3.58. The maximum absolute atomic E-state index is 15.2. The molecule has 1 N–H and O–H groups in total. The fourth-order valence-electron chi connectivity index (χ4n) is 4.19. The van der Waals surface area contributed by atoms with Gasteiger partial charge in [-0.1, -0.05) is 0 Å². The van der Waals surface area contributed by atoms with Crippen LogP contribution in [0.3, 0.4) is 0 Å². The smallest absolute Gasteiger partial charge is 0.332 e. The van der Waals surface area contributed by atoms with Crippen LogP contribution in [-0.2, 0) is 30.2 Å². The van der Waals surface area contributed by atoms with E-state index in [0.29, 0.717) is 35.7 Å². The average Bonchev–Trinajstić information content (AvgIpc) is 3.20. The lowest BCUT2D eigenvalue weighted by Gasteiger charge is -2.16. The zero-order chi connectivity index (χ0) is 26.0. The molecule has 0 atom stereocenters. The summed E-state index contributed by atoms with van der Waals surface area (Å²) in [5.74, 6) is -0.312. The quantitative estimate of drug-likeness (QED) is 0.394. The molecule has 0 radical (unpaired) electrons. The van der Waals surface area contributed by atoms with Crippen LogP contribution in [0, 0.1) is 19.7 Å². The number of nitrogens with zero attached hydrogens (tertiary/aromatic N) is 5. The Balaban J connectivity index is 1.75. The fraction of sp³-hybridized carbons (Fsp3) is 0.391. The summed E-state index contributed by atoms with van der Waals surface area (Å²) in [4.78, 5) is 30.5. The number of fused-ring (bicyclic) bond motifs is 1. The second kappa shape index (κ2) is 8.23. The highest BCUT2D eigenvalue weighted by Gasteiger charge is 2.42. The van der Waals surface area contributed by atoms with Gasteiger partial charge in [-0.25, -0.2) is 27.3 Å². The Morgan fingerprint density at radius 2 is 1.89 bits per heavy atom. The monoisotopic (exact) mass is 516 g/mol. The Morgan fingerprint density at radius 3 is 2.47 bits per heavy atom. The summed E-state index contributed by atoms with van der Waals surface area (Å²) in [6, 6.07) is 1.91.